The summed E-state index contributed by atoms with van der Waals surface area (Å²) in [6.45, 7) is 0. The number of methoxy groups -OCH3 is 2. The van der Waals surface area contributed by atoms with Crippen molar-refractivity contribution in [3.05, 3.63) is 58.1 Å². The number of benzene rings is 2. The number of allylic oxidation sites excluding steroid dienone is 2. The van der Waals surface area contributed by atoms with E-state index in [2.05, 4.69) is 31.9 Å². The van der Waals surface area contributed by atoms with E-state index >= 15 is 0 Å². The van der Waals surface area contributed by atoms with Crippen LogP contribution in [0.25, 0.3) is 0 Å². The van der Waals surface area contributed by atoms with Gasteiger partial charge in [-0.3, -0.25) is 29.0 Å². The number of hydrogen-bond donors (Lipinski definition) is 1. The van der Waals surface area contributed by atoms with Crippen LogP contribution in [0.3, 0.4) is 0 Å². The summed E-state index contributed by atoms with van der Waals surface area (Å²) in [5.74, 6) is -5.39. The Morgan fingerprint density at radius 3 is 2.17 bits per heavy atom. The number of amides is 4. The molecule has 6 rings (SSSR count). The zero-order chi connectivity index (χ0) is 30.3. The Labute approximate surface area is 268 Å². The number of ether oxygens (including phenoxy) is 2. The average Bonchev–Trinajstić information content (AvgIpc) is 3.31. The Hall–Kier alpha value is -2.60. The Kier molecular flexibility index (Phi) is 7.19. The zero-order valence-electron chi connectivity index (χ0n) is 22.3. The highest BCUT2D eigenvalue weighted by Gasteiger charge is 2.76. The summed E-state index contributed by atoms with van der Waals surface area (Å²) in [6.07, 6.45) is 1.89. The second kappa shape index (κ2) is 10.2. The van der Waals surface area contributed by atoms with E-state index in [1.165, 1.54) is 31.3 Å². The van der Waals surface area contributed by atoms with Crippen molar-refractivity contribution in [2.75, 3.05) is 24.6 Å². The monoisotopic (exact) mass is 740 g/mol. The van der Waals surface area contributed by atoms with Crippen molar-refractivity contribution in [2.45, 2.75) is 28.5 Å². The van der Waals surface area contributed by atoms with Gasteiger partial charge in [-0.25, -0.2) is 0 Å². The highest BCUT2D eigenvalue weighted by Crippen LogP contribution is 2.67. The average molecular weight is 743 g/mol. The predicted molar refractivity (Wildman–Crippen MR) is 161 cm³/mol. The van der Waals surface area contributed by atoms with Crippen LogP contribution in [-0.2, 0) is 19.2 Å². The van der Waals surface area contributed by atoms with Crippen LogP contribution in [-0.4, -0.2) is 63.1 Å². The number of aromatic hydroxyl groups is 1. The minimum atomic E-state index is -2.04. The quantitative estimate of drug-likeness (QED) is 0.197. The number of rotatable bonds is 5. The number of halogens is 4. The summed E-state index contributed by atoms with van der Waals surface area (Å²) in [5, 5.41) is 10.4. The number of phenolic OH excluding ortho intramolecular Hbond substituents is 1. The van der Waals surface area contributed by atoms with Gasteiger partial charge in [0.25, 0.3) is 11.8 Å². The largest absolute Gasteiger partial charge is 0.508 e. The Morgan fingerprint density at radius 2 is 1.60 bits per heavy atom. The number of carbonyl (C=O) groups excluding carboxylic acids is 4. The number of imide groups is 2. The van der Waals surface area contributed by atoms with Crippen molar-refractivity contribution < 1.29 is 33.8 Å². The molecule has 2 aromatic rings. The first-order valence-corrected chi connectivity index (χ1v) is 15.7. The van der Waals surface area contributed by atoms with Gasteiger partial charge in [0.1, 0.15) is 17.2 Å². The molecule has 2 aliphatic heterocycles. The molecule has 0 spiro atoms. The van der Waals surface area contributed by atoms with Crippen molar-refractivity contribution in [3.63, 3.8) is 0 Å². The molecule has 2 saturated heterocycles. The van der Waals surface area contributed by atoms with E-state index in [-0.39, 0.29) is 41.5 Å². The maximum atomic E-state index is 14.1. The van der Waals surface area contributed by atoms with Crippen molar-refractivity contribution in [2.24, 2.45) is 17.8 Å². The van der Waals surface area contributed by atoms with E-state index in [9.17, 15) is 24.3 Å². The van der Waals surface area contributed by atoms with Crippen LogP contribution < -0.4 is 14.4 Å². The summed E-state index contributed by atoms with van der Waals surface area (Å²) in [4.78, 5) is 53.8. The molecule has 2 aromatic carbocycles. The normalized spacial score (nSPS) is 32.0. The standard InChI is InChI=1S/C29H24Br2Cl2N2O7/c1-41-19-9-15(36)10-20(42-2)22(19)23-16-7-8-17-21(25(38)35(24(17)37)14-5-3-13(31)4-6-14)18(16)11-28(32)26(39)34(12-30)27(40)29(23,28)33/h3-7,9-10,17-18,21,23,36H,8,11-12H2,1-2H3. The SMILES string of the molecule is COc1cc(O)cc(OC)c1C1C2=CCC3C(=O)N(c4ccc(Br)cc4)C(=O)C3C2CC2(Cl)C(=O)N(CBr)C(=O)C12Cl. The molecule has 220 valence electrons. The van der Waals surface area contributed by atoms with Crippen LogP contribution in [0, 0.1) is 17.8 Å². The predicted octanol–water partition coefficient (Wildman–Crippen LogP) is 5.09. The molecule has 0 radical (unpaired) electrons. The minimum absolute atomic E-state index is 0.144. The van der Waals surface area contributed by atoms with Gasteiger partial charge in [0.2, 0.25) is 11.8 Å². The number of anilines is 1. The summed E-state index contributed by atoms with van der Waals surface area (Å²) in [5.41, 5.74) is 1.17. The van der Waals surface area contributed by atoms with E-state index in [0.717, 1.165) is 9.37 Å². The molecule has 2 heterocycles. The third-order valence-corrected chi connectivity index (χ3v) is 11.4. The van der Waals surface area contributed by atoms with Gasteiger partial charge in [-0.1, -0.05) is 43.5 Å². The molecule has 6 unspecified atom stereocenters. The highest BCUT2D eigenvalue weighted by molar-refractivity contribution is 9.10. The maximum absolute atomic E-state index is 14.1. The highest BCUT2D eigenvalue weighted by atomic mass is 79.9. The lowest BCUT2D eigenvalue weighted by Gasteiger charge is -2.51. The summed E-state index contributed by atoms with van der Waals surface area (Å²) in [7, 11) is 2.78. The number of likely N-dealkylation sites (tertiary alicyclic amines) is 1. The molecule has 9 nitrogen and oxygen atoms in total. The fourth-order valence-corrected chi connectivity index (χ4v) is 8.80. The molecular weight excluding hydrogens is 719 g/mol. The lowest BCUT2D eigenvalue weighted by atomic mass is 9.56. The third-order valence-electron chi connectivity index (χ3n) is 8.92. The van der Waals surface area contributed by atoms with Crippen molar-refractivity contribution in [3.8, 4) is 17.2 Å². The minimum Gasteiger partial charge on any atom is -0.508 e. The van der Waals surface area contributed by atoms with Gasteiger partial charge in [0.05, 0.1) is 37.2 Å². The van der Waals surface area contributed by atoms with Gasteiger partial charge < -0.3 is 14.6 Å². The number of alkyl halides is 3. The number of phenols is 1. The van der Waals surface area contributed by atoms with E-state index in [1.54, 1.807) is 24.3 Å². The van der Waals surface area contributed by atoms with Crippen LogP contribution in [0.2, 0.25) is 0 Å². The van der Waals surface area contributed by atoms with Crippen molar-refractivity contribution in [1.82, 2.24) is 4.90 Å². The van der Waals surface area contributed by atoms with Gasteiger partial charge in [-0.05, 0) is 43.0 Å². The number of carbonyl (C=O) groups is 4. The number of nitrogens with zero attached hydrogens (tertiary/aromatic N) is 2. The van der Waals surface area contributed by atoms with Crippen LogP contribution in [0.4, 0.5) is 5.69 Å². The van der Waals surface area contributed by atoms with Gasteiger partial charge in [-0.2, -0.15) is 0 Å². The van der Waals surface area contributed by atoms with Crippen LogP contribution in [0.5, 0.6) is 17.2 Å². The molecule has 0 bridgehead atoms. The molecular formula is C29H24Br2Cl2N2O7. The fourth-order valence-electron chi connectivity index (χ4n) is 7.12. The van der Waals surface area contributed by atoms with Crippen LogP contribution >= 0.6 is 55.1 Å². The van der Waals surface area contributed by atoms with Crippen molar-refractivity contribution in [1.29, 1.82) is 0 Å². The van der Waals surface area contributed by atoms with E-state index in [0.29, 0.717) is 16.8 Å². The number of hydrogen-bond acceptors (Lipinski definition) is 7. The van der Waals surface area contributed by atoms with Crippen LogP contribution in [0.1, 0.15) is 24.3 Å². The smallest absolute Gasteiger partial charge is 0.254 e. The topological polar surface area (TPSA) is 113 Å². The van der Waals surface area contributed by atoms with Gasteiger partial charge in [0.15, 0.2) is 9.75 Å². The molecule has 6 atom stereocenters. The molecule has 1 saturated carbocycles. The lowest BCUT2D eigenvalue weighted by molar-refractivity contribution is -0.138. The fraction of sp³-hybridized carbons (Fsp3) is 0.379. The maximum Gasteiger partial charge on any atom is 0.254 e. The molecule has 4 aliphatic rings. The van der Waals surface area contributed by atoms with E-state index < -0.39 is 51.1 Å². The first-order valence-electron chi connectivity index (χ1n) is 13.0. The Balaban J connectivity index is 1.57. The van der Waals surface area contributed by atoms with E-state index in [1.807, 2.05) is 6.08 Å². The van der Waals surface area contributed by atoms with Gasteiger partial charge in [0, 0.05) is 28.1 Å². The van der Waals surface area contributed by atoms with Gasteiger partial charge in [-0.15, -0.1) is 23.2 Å². The lowest BCUT2D eigenvalue weighted by Crippen LogP contribution is -2.60. The molecule has 13 heteroatoms. The summed E-state index contributed by atoms with van der Waals surface area (Å²) in [6, 6.07) is 9.56. The van der Waals surface area contributed by atoms with Crippen molar-refractivity contribution >= 4 is 84.4 Å². The van der Waals surface area contributed by atoms with Gasteiger partial charge >= 0.3 is 0 Å². The molecule has 3 fully saturated rings. The molecule has 2 aliphatic carbocycles. The number of fused-ring (bicyclic) bond motifs is 4. The zero-order valence-corrected chi connectivity index (χ0v) is 27.0. The molecule has 42 heavy (non-hydrogen) atoms. The Morgan fingerprint density at radius 1 is 0.976 bits per heavy atom. The second-order valence-electron chi connectivity index (χ2n) is 10.7. The van der Waals surface area contributed by atoms with Crippen LogP contribution in [0.15, 0.2) is 52.5 Å². The Bertz CT molecular complexity index is 1560. The second-order valence-corrected chi connectivity index (χ2v) is 13.4. The summed E-state index contributed by atoms with van der Waals surface area (Å²) < 4.78 is 12.1. The van der Waals surface area contributed by atoms with E-state index in [4.69, 9.17) is 32.7 Å². The first-order chi connectivity index (χ1) is 19.9. The molecule has 1 N–H and O–H groups in total. The molecule has 4 amide bonds. The first kappa shape index (κ1) is 29.5. The third kappa shape index (κ3) is 3.79. The molecule has 0 aromatic heterocycles. The summed E-state index contributed by atoms with van der Waals surface area (Å²) >= 11 is 21.2.